The molecule has 1 saturated carbocycles. The van der Waals surface area contributed by atoms with E-state index in [4.69, 9.17) is 4.74 Å². The first kappa shape index (κ1) is 27.1. The van der Waals surface area contributed by atoms with Gasteiger partial charge < -0.3 is 14.9 Å². The van der Waals surface area contributed by atoms with Crippen molar-refractivity contribution in [3.8, 4) is 5.75 Å². The summed E-state index contributed by atoms with van der Waals surface area (Å²) in [6, 6.07) is 16.5. The van der Waals surface area contributed by atoms with E-state index in [1.54, 1.807) is 0 Å². The average Bonchev–Trinajstić information content (AvgIpc) is 3.72. The quantitative estimate of drug-likeness (QED) is 0.410. The van der Waals surface area contributed by atoms with E-state index in [1.807, 2.05) is 29.1 Å². The van der Waals surface area contributed by atoms with Crippen LogP contribution in [0.25, 0.3) is 0 Å². The molecule has 2 N–H and O–H groups in total. The number of piperidine rings is 1. The summed E-state index contributed by atoms with van der Waals surface area (Å²) >= 11 is 0. The highest BCUT2D eigenvalue weighted by atomic mass is 16.5. The van der Waals surface area contributed by atoms with E-state index in [-0.39, 0.29) is 17.5 Å². The molecule has 3 heterocycles. The number of nitrogens with zero attached hydrogens (tertiary/aromatic N) is 4. The summed E-state index contributed by atoms with van der Waals surface area (Å²) in [5, 5.41) is 28.1. The first-order valence-corrected chi connectivity index (χ1v) is 15.6. The summed E-state index contributed by atoms with van der Waals surface area (Å²) in [7, 11) is 0. The molecule has 3 fully saturated rings. The molecule has 2 aliphatic carbocycles. The van der Waals surface area contributed by atoms with Crippen LogP contribution in [0.15, 0.2) is 60.9 Å². The molecule has 1 aromatic heterocycles. The third-order valence-electron chi connectivity index (χ3n) is 10.6. The molecule has 0 unspecified atom stereocenters. The number of aryl methyl sites for hydroxylation is 1. The van der Waals surface area contributed by atoms with Crippen molar-refractivity contribution in [2.45, 2.75) is 81.7 Å². The van der Waals surface area contributed by atoms with Gasteiger partial charge in [-0.2, -0.15) is 5.10 Å². The molecule has 2 bridgehead atoms. The third-order valence-corrected chi connectivity index (χ3v) is 10.6. The van der Waals surface area contributed by atoms with E-state index >= 15 is 0 Å². The number of likely N-dealkylation sites (tertiary alicyclic amines) is 2. The second-order valence-electron chi connectivity index (χ2n) is 13.2. The minimum absolute atomic E-state index is 0.121. The van der Waals surface area contributed by atoms with Crippen molar-refractivity contribution in [1.29, 1.82) is 0 Å². The molecular formula is C34H44N4O3. The molecule has 7 nitrogen and oxygen atoms in total. The third kappa shape index (κ3) is 5.11. The van der Waals surface area contributed by atoms with Gasteiger partial charge in [-0.1, -0.05) is 36.4 Å². The minimum atomic E-state index is -0.826. The van der Waals surface area contributed by atoms with Gasteiger partial charge in [0.1, 0.15) is 5.75 Å². The van der Waals surface area contributed by atoms with Crippen LogP contribution in [0.4, 0.5) is 0 Å². The Balaban J connectivity index is 1.18. The first-order valence-electron chi connectivity index (χ1n) is 15.6. The molecule has 4 atom stereocenters. The first-order chi connectivity index (χ1) is 19.9. The highest BCUT2D eigenvalue weighted by Gasteiger charge is 2.63. The van der Waals surface area contributed by atoms with Gasteiger partial charge in [-0.15, -0.1) is 0 Å². The zero-order valence-electron chi connectivity index (χ0n) is 24.3. The number of fused-ring (bicyclic) bond motifs is 1. The van der Waals surface area contributed by atoms with Gasteiger partial charge in [0, 0.05) is 30.7 Å². The highest BCUT2D eigenvalue weighted by Crippen LogP contribution is 2.56. The topological polar surface area (TPSA) is 74.0 Å². The highest BCUT2D eigenvalue weighted by molar-refractivity contribution is 5.48. The van der Waals surface area contributed by atoms with Crippen LogP contribution >= 0.6 is 0 Å². The fourth-order valence-electron chi connectivity index (χ4n) is 8.19. The minimum Gasteiger partial charge on any atom is -0.508 e. The van der Waals surface area contributed by atoms with Gasteiger partial charge in [-0.05, 0) is 98.8 Å². The fraction of sp³-hybridized carbons (Fsp3) is 0.559. The van der Waals surface area contributed by atoms with Crippen molar-refractivity contribution in [3.63, 3.8) is 0 Å². The Bertz CT molecular complexity index is 1360. The molecule has 2 saturated heterocycles. The lowest BCUT2D eigenvalue weighted by Gasteiger charge is -2.61. The van der Waals surface area contributed by atoms with Crippen LogP contribution in [0.1, 0.15) is 54.4 Å². The van der Waals surface area contributed by atoms with E-state index < -0.39 is 5.60 Å². The van der Waals surface area contributed by atoms with Crippen molar-refractivity contribution < 1.29 is 14.9 Å². The number of hydrogen-bond acceptors (Lipinski definition) is 6. The zero-order valence-corrected chi connectivity index (χ0v) is 24.3. The van der Waals surface area contributed by atoms with Crippen molar-refractivity contribution >= 4 is 0 Å². The smallest absolute Gasteiger partial charge is 0.115 e. The molecule has 41 heavy (non-hydrogen) atoms. The maximum absolute atomic E-state index is 12.9. The molecule has 7 rings (SSSR count). The van der Waals surface area contributed by atoms with Crippen molar-refractivity contribution in [2.75, 3.05) is 32.8 Å². The monoisotopic (exact) mass is 556 g/mol. The molecule has 3 aromatic rings. The number of ether oxygens (including phenoxy) is 1. The van der Waals surface area contributed by atoms with Crippen LogP contribution in [-0.4, -0.2) is 80.3 Å². The van der Waals surface area contributed by atoms with E-state index in [9.17, 15) is 10.2 Å². The van der Waals surface area contributed by atoms with Crippen LogP contribution in [-0.2, 0) is 29.7 Å². The summed E-state index contributed by atoms with van der Waals surface area (Å²) in [4.78, 5) is 5.17. The Kier molecular flexibility index (Phi) is 7.18. The van der Waals surface area contributed by atoms with E-state index in [0.717, 1.165) is 69.9 Å². The van der Waals surface area contributed by atoms with E-state index in [0.29, 0.717) is 19.0 Å². The maximum atomic E-state index is 12.9. The van der Waals surface area contributed by atoms with Gasteiger partial charge in [0.25, 0.3) is 0 Å². The predicted molar refractivity (Wildman–Crippen MR) is 159 cm³/mol. The molecule has 2 aromatic carbocycles. The summed E-state index contributed by atoms with van der Waals surface area (Å²) in [6.07, 6.45) is 10.1. The van der Waals surface area contributed by atoms with Gasteiger partial charge in [-0.3, -0.25) is 14.5 Å². The number of phenols is 1. The lowest BCUT2D eigenvalue weighted by molar-refractivity contribution is -0.149. The van der Waals surface area contributed by atoms with Crippen LogP contribution in [0.2, 0.25) is 0 Å². The lowest BCUT2D eigenvalue weighted by atomic mass is 9.52. The number of rotatable bonds is 9. The van der Waals surface area contributed by atoms with Crippen LogP contribution in [0, 0.1) is 12.8 Å². The second-order valence-corrected chi connectivity index (χ2v) is 13.2. The molecule has 7 heteroatoms. The Labute approximate surface area is 243 Å². The van der Waals surface area contributed by atoms with Crippen molar-refractivity contribution in [3.05, 3.63) is 83.2 Å². The number of hydrogen-bond donors (Lipinski definition) is 2. The molecular weight excluding hydrogens is 512 g/mol. The molecule has 0 spiro atoms. The summed E-state index contributed by atoms with van der Waals surface area (Å²) in [5.41, 5.74) is 3.65. The lowest BCUT2D eigenvalue weighted by Crippen LogP contribution is -2.71. The Morgan fingerprint density at radius 1 is 1.05 bits per heavy atom. The summed E-state index contributed by atoms with van der Waals surface area (Å²) in [5.74, 6) is 1.10. The Morgan fingerprint density at radius 3 is 2.63 bits per heavy atom. The molecule has 218 valence electrons. The Hall–Kier alpha value is -2.71. The van der Waals surface area contributed by atoms with Crippen LogP contribution in [0.3, 0.4) is 0 Å². The van der Waals surface area contributed by atoms with Gasteiger partial charge in [0.2, 0.25) is 0 Å². The van der Waals surface area contributed by atoms with Gasteiger partial charge in [0.15, 0.2) is 0 Å². The second kappa shape index (κ2) is 10.8. The Morgan fingerprint density at radius 2 is 1.85 bits per heavy atom. The van der Waals surface area contributed by atoms with Crippen LogP contribution in [0.5, 0.6) is 5.75 Å². The summed E-state index contributed by atoms with van der Waals surface area (Å²) in [6.45, 7) is 7.85. The zero-order chi connectivity index (χ0) is 28.0. The maximum Gasteiger partial charge on any atom is 0.115 e. The number of aromatic nitrogens is 2. The van der Waals surface area contributed by atoms with Gasteiger partial charge in [0.05, 0.1) is 37.6 Å². The number of aliphatic hydroxyl groups is 1. The number of phenolic OH excluding ortho intramolecular Hbond substituents is 1. The molecule has 4 aliphatic rings. The number of benzene rings is 2. The molecule has 0 radical (unpaired) electrons. The molecule has 2 aliphatic heterocycles. The number of aromatic hydroxyl groups is 1. The predicted octanol–water partition coefficient (Wildman–Crippen LogP) is 4.29. The SMILES string of the molecule is Cc1cnn(C[C@H](COCc2ccccc2)N2CC[C@]34CCN(CC5CC5)[C@H](Cc5ccc(O)cc53)[C@]4(O)CC2)c1. The van der Waals surface area contributed by atoms with E-state index in [1.165, 1.54) is 29.5 Å². The van der Waals surface area contributed by atoms with E-state index in [2.05, 4.69) is 58.4 Å². The van der Waals surface area contributed by atoms with Crippen LogP contribution < -0.4 is 0 Å². The standard InChI is InChI=1S/C34H44N4O3/c1-25-19-35-38(20-25)22-29(24-41-23-27-5-3-2-4-6-27)36-14-11-33-12-15-37(21-26-7-8-26)32(34(33,40)13-16-36)17-28-9-10-30(39)18-31(28)33/h2-6,9-10,18-20,26,29,32,39-40H,7-8,11-17,21-24H2,1H3/t29-,32-,33+,34-/m1/s1. The summed E-state index contributed by atoms with van der Waals surface area (Å²) < 4.78 is 8.38. The molecule has 0 amide bonds. The van der Waals surface area contributed by atoms with Crippen molar-refractivity contribution in [2.24, 2.45) is 5.92 Å². The fourth-order valence-corrected chi connectivity index (χ4v) is 8.19. The normalized spacial score (nSPS) is 29.0. The largest absolute Gasteiger partial charge is 0.508 e. The van der Waals surface area contributed by atoms with Gasteiger partial charge >= 0.3 is 0 Å². The van der Waals surface area contributed by atoms with Gasteiger partial charge in [-0.25, -0.2) is 0 Å². The average molecular weight is 557 g/mol. The van der Waals surface area contributed by atoms with Crippen molar-refractivity contribution in [1.82, 2.24) is 19.6 Å².